The second-order valence-corrected chi connectivity index (χ2v) is 6.29. The highest BCUT2D eigenvalue weighted by molar-refractivity contribution is 7.13. The van der Waals surface area contributed by atoms with Gasteiger partial charge in [0, 0.05) is 20.3 Å². The summed E-state index contributed by atoms with van der Waals surface area (Å²) in [6.45, 7) is 5.80. The Hall–Kier alpha value is -1.62. The first-order chi connectivity index (χ1) is 8.84. The number of hydrogen-bond donors (Lipinski definition) is 0. The quantitative estimate of drug-likeness (QED) is 0.865. The molecule has 1 amide bonds. The molecular formula is C14H19N3OS. The first-order valence-corrected chi connectivity index (χ1v) is 7.04. The van der Waals surface area contributed by atoms with Crippen molar-refractivity contribution in [3.8, 4) is 10.6 Å². The lowest BCUT2D eigenvalue weighted by atomic mass is 10.0. The van der Waals surface area contributed by atoms with Crippen LogP contribution in [0.25, 0.3) is 10.6 Å². The first kappa shape index (κ1) is 13.8. The Morgan fingerprint density at radius 3 is 2.63 bits per heavy atom. The summed E-state index contributed by atoms with van der Waals surface area (Å²) in [5, 5.41) is 6.64. The summed E-state index contributed by atoms with van der Waals surface area (Å²) >= 11 is 1.66. The molecule has 0 saturated heterocycles. The van der Waals surface area contributed by atoms with Crippen molar-refractivity contribution >= 4 is 17.2 Å². The minimum absolute atomic E-state index is 0.0349. The summed E-state index contributed by atoms with van der Waals surface area (Å²) in [6, 6.07) is 4.06. The van der Waals surface area contributed by atoms with Gasteiger partial charge in [-0.3, -0.25) is 9.48 Å². The molecule has 5 heteroatoms. The van der Waals surface area contributed by atoms with Gasteiger partial charge in [0.2, 0.25) is 5.91 Å². The molecule has 0 aliphatic heterocycles. The standard InChI is InChI=1S/C14H19N3OS/c1-10-9-17(14(2,3)13(18)16(4)5)15-12(10)11-7-6-8-19-11/h6-9H,1-5H3. The topological polar surface area (TPSA) is 38.1 Å². The molecule has 2 aromatic rings. The largest absolute Gasteiger partial charge is 0.347 e. The monoisotopic (exact) mass is 277 g/mol. The fraction of sp³-hybridized carbons (Fsp3) is 0.429. The van der Waals surface area contributed by atoms with Crippen LogP contribution in [0.4, 0.5) is 0 Å². The molecular weight excluding hydrogens is 258 g/mol. The second-order valence-electron chi connectivity index (χ2n) is 5.34. The van der Waals surface area contributed by atoms with Crippen LogP contribution in [0.3, 0.4) is 0 Å². The molecule has 2 rings (SSSR count). The maximum Gasteiger partial charge on any atom is 0.249 e. The Morgan fingerprint density at radius 2 is 2.11 bits per heavy atom. The number of nitrogens with zero attached hydrogens (tertiary/aromatic N) is 3. The van der Waals surface area contributed by atoms with Gasteiger partial charge in [-0.25, -0.2) is 0 Å². The minimum Gasteiger partial charge on any atom is -0.347 e. The lowest BCUT2D eigenvalue weighted by molar-refractivity contribution is -0.137. The third-order valence-electron chi connectivity index (χ3n) is 3.15. The molecule has 0 fully saturated rings. The van der Waals surface area contributed by atoms with E-state index in [0.717, 1.165) is 16.1 Å². The van der Waals surface area contributed by atoms with Gasteiger partial charge in [-0.1, -0.05) is 6.07 Å². The van der Waals surface area contributed by atoms with E-state index in [-0.39, 0.29) is 5.91 Å². The molecule has 2 heterocycles. The van der Waals surface area contributed by atoms with Gasteiger partial charge in [-0.05, 0) is 37.8 Å². The van der Waals surface area contributed by atoms with Gasteiger partial charge >= 0.3 is 0 Å². The van der Waals surface area contributed by atoms with Crippen LogP contribution in [0.15, 0.2) is 23.7 Å². The van der Waals surface area contributed by atoms with Crippen LogP contribution in [0.5, 0.6) is 0 Å². The Balaban J connectivity index is 2.43. The summed E-state index contributed by atoms with van der Waals surface area (Å²) in [7, 11) is 3.53. The number of rotatable bonds is 3. The van der Waals surface area contributed by atoms with E-state index in [9.17, 15) is 4.79 Å². The lowest BCUT2D eigenvalue weighted by Crippen LogP contribution is -2.44. The Labute approximate surface area is 117 Å². The van der Waals surface area contributed by atoms with Crippen LogP contribution >= 0.6 is 11.3 Å². The van der Waals surface area contributed by atoms with Crippen LogP contribution in [-0.4, -0.2) is 34.7 Å². The van der Waals surface area contributed by atoms with Crippen LogP contribution in [0.1, 0.15) is 19.4 Å². The van der Waals surface area contributed by atoms with E-state index < -0.39 is 5.54 Å². The molecule has 0 aliphatic rings. The molecule has 0 radical (unpaired) electrons. The molecule has 0 atom stereocenters. The highest BCUT2D eigenvalue weighted by atomic mass is 32.1. The van der Waals surface area contributed by atoms with Crippen molar-refractivity contribution in [1.29, 1.82) is 0 Å². The number of aromatic nitrogens is 2. The highest BCUT2D eigenvalue weighted by Crippen LogP contribution is 2.28. The number of carbonyl (C=O) groups is 1. The third kappa shape index (κ3) is 2.42. The fourth-order valence-electron chi connectivity index (χ4n) is 2.05. The predicted octanol–water partition coefficient (Wildman–Crippen LogP) is 2.74. The summed E-state index contributed by atoms with van der Waals surface area (Å²) in [4.78, 5) is 15.0. The highest BCUT2D eigenvalue weighted by Gasteiger charge is 2.32. The molecule has 0 aromatic carbocycles. The molecule has 102 valence electrons. The van der Waals surface area contributed by atoms with Gasteiger partial charge in [0.1, 0.15) is 11.2 Å². The van der Waals surface area contributed by atoms with Crippen molar-refractivity contribution in [3.05, 3.63) is 29.3 Å². The summed E-state index contributed by atoms with van der Waals surface area (Å²) < 4.78 is 1.76. The third-order valence-corrected chi connectivity index (χ3v) is 4.03. The zero-order valence-corrected chi connectivity index (χ0v) is 12.8. The van der Waals surface area contributed by atoms with Crippen molar-refractivity contribution in [1.82, 2.24) is 14.7 Å². The van der Waals surface area contributed by atoms with Crippen molar-refractivity contribution in [2.45, 2.75) is 26.3 Å². The Kier molecular flexibility index (Phi) is 3.49. The smallest absolute Gasteiger partial charge is 0.249 e. The van der Waals surface area contributed by atoms with Gasteiger partial charge in [-0.15, -0.1) is 11.3 Å². The average Bonchev–Trinajstić information content (AvgIpc) is 2.96. The molecule has 2 aromatic heterocycles. The second kappa shape index (κ2) is 4.81. The number of amides is 1. The number of hydrogen-bond acceptors (Lipinski definition) is 3. The van der Waals surface area contributed by atoms with E-state index in [4.69, 9.17) is 0 Å². The minimum atomic E-state index is -0.677. The maximum absolute atomic E-state index is 12.2. The van der Waals surface area contributed by atoms with Crippen LogP contribution < -0.4 is 0 Å². The first-order valence-electron chi connectivity index (χ1n) is 6.16. The number of aryl methyl sites for hydroxylation is 1. The van der Waals surface area contributed by atoms with Gasteiger partial charge in [0.15, 0.2) is 0 Å². The SMILES string of the molecule is Cc1cn(C(C)(C)C(=O)N(C)C)nc1-c1cccs1. The van der Waals surface area contributed by atoms with E-state index in [1.54, 1.807) is 35.0 Å². The van der Waals surface area contributed by atoms with Crippen LogP contribution in [-0.2, 0) is 10.3 Å². The summed E-state index contributed by atoms with van der Waals surface area (Å²) in [6.07, 6.45) is 1.94. The molecule has 4 nitrogen and oxygen atoms in total. The van der Waals surface area contributed by atoms with Gasteiger partial charge in [0.25, 0.3) is 0 Å². The molecule has 0 N–H and O–H groups in total. The number of likely N-dealkylation sites (N-methyl/N-ethyl adjacent to an activating group) is 1. The fourth-order valence-corrected chi connectivity index (χ4v) is 2.82. The molecule has 0 aliphatic carbocycles. The van der Waals surface area contributed by atoms with Gasteiger partial charge < -0.3 is 4.90 Å². The Morgan fingerprint density at radius 1 is 1.42 bits per heavy atom. The zero-order valence-electron chi connectivity index (χ0n) is 12.0. The van der Waals surface area contributed by atoms with Gasteiger partial charge in [0.05, 0.1) is 4.88 Å². The van der Waals surface area contributed by atoms with Crippen molar-refractivity contribution < 1.29 is 4.79 Å². The van der Waals surface area contributed by atoms with E-state index in [0.29, 0.717) is 0 Å². The van der Waals surface area contributed by atoms with Crippen LogP contribution in [0, 0.1) is 6.92 Å². The zero-order chi connectivity index (χ0) is 14.2. The normalized spacial score (nSPS) is 11.6. The lowest BCUT2D eigenvalue weighted by Gasteiger charge is -2.27. The molecule has 0 saturated carbocycles. The van der Waals surface area contributed by atoms with E-state index in [1.165, 1.54) is 0 Å². The van der Waals surface area contributed by atoms with Crippen molar-refractivity contribution in [2.75, 3.05) is 14.1 Å². The van der Waals surface area contributed by atoms with Gasteiger partial charge in [-0.2, -0.15) is 5.10 Å². The van der Waals surface area contributed by atoms with Crippen molar-refractivity contribution in [2.24, 2.45) is 0 Å². The van der Waals surface area contributed by atoms with Crippen molar-refractivity contribution in [3.63, 3.8) is 0 Å². The van der Waals surface area contributed by atoms with E-state index in [2.05, 4.69) is 5.10 Å². The van der Waals surface area contributed by atoms with E-state index >= 15 is 0 Å². The van der Waals surface area contributed by atoms with E-state index in [1.807, 2.05) is 44.5 Å². The predicted molar refractivity (Wildman–Crippen MR) is 78.3 cm³/mol. The molecule has 0 bridgehead atoms. The Bertz CT molecular complexity index is 582. The molecule has 19 heavy (non-hydrogen) atoms. The molecule has 0 spiro atoms. The number of carbonyl (C=O) groups excluding carboxylic acids is 1. The van der Waals surface area contributed by atoms with Crippen LogP contribution in [0.2, 0.25) is 0 Å². The molecule has 0 unspecified atom stereocenters. The summed E-state index contributed by atoms with van der Waals surface area (Å²) in [5.41, 5.74) is 1.36. The average molecular weight is 277 g/mol. The summed E-state index contributed by atoms with van der Waals surface area (Å²) in [5.74, 6) is 0.0349. The maximum atomic E-state index is 12.2. The number of thiophene rings is 1.